The lowest BCUT2D eigenvalue weighted by Crippen LogP contribution is -2.41. The molecule has 7 nitrogen and oxygen atoms in total. The highest BCUT2D eigenvalue weighted by atomic mass is 16.5. The highest BCUT2D eigenvalue weighted by Crippen LogP contribution is 2.30. The van der Waals surface area contributed by atoms with Crippen LogP contribution in [0, 0.1) is 5.41 Å². The minimum absolute atomic E-state index is 0.000804. The van der Waals surface area contributed by atoms with Crippen LogP contribution in [0.3, 0.4) is 0 Å². The van der Waals surface area contributed by atoms with Crippen molar-refractivity contribution >= 4 is 11.8 Å². The second-order valence-electron chi connectivity index (χ2n) is 8.34. The molecule has 0 aromatic carbocycles. The summed E-state index contributed by atoms with van der Waals surface area (Å²) < 4.78 is 6.20. The molecule has 142 valence electrons. The number of nitrogens with zero attached hydrogens (tertiary/aromatic N) is 3. The van der Waals surface area contributed by atoms with Crippen molar-refractivity contribution in [1.29, 1.82) is 0 Å². The van der Waals surface area contributed by atoms with Crippen LogP contribution in [-0.4, -0.2) is 40.0 Å². The maximum Gasteiger partial charge on any atom is 0.347 e. The summed E-state index contributed by atoms with van der Waals surface area (Å²) in [5.41, 5.74) is -1.36. The standard InChI is InChI=1S/C18H31N3O4/c1-9-25-16(24)12-13(22)14(20(8)18(5,6)7)19-21(15(12)23)11-10-17(2,3)4/h22H,9-11H2,1-8H3. The first kappa shape index (κ1) is 21.0. The Hall–Kier alpha value is -2.05. The zero-order chi connectivity index (χ0) is 19.6. The van der Waals surface area contributed by atoms with E-state index in [4.69, 9.17) is 4.74 Å². The summed E-state index contributed by atoms with van der Waals surface area (Å²) in [4.78, 5) is 26.6. The number of esters is 1. The van der Waals surface area contributed by atoms with Crippen LogP contribution in [0.25, 0.3) is 0 Å². The molecule has 1 rings (SSSR count). The molecule has 0 aliphatic rings. The first-order valence-corrected chi connectivity index (χ1v) is 8.54. The van der Waals surface area contributed by atoms with E-state index in [-0.39, 0.29) is 28.9 Å². The summed E-state index contributed by atoms with van der Waals surface area (Å²) in [6.07, 6.45) is 0.700. The van der Waals surface area contributed by atoms with Crippen molar-refractivity contribution in [2.45, 2.75) is 67.0 Å². The normalized spacial score (nSPS) is 12.2. The Morgan fingerprint density at radius 2 is 1.80 bits per heavy atom. The molecule has 0 atom stereocenters. The number of aromatic nitrogens is 2. The summed E-state index contributed by atoms with van der Waals surface area (Å²) in [5, 5.41) is 14.9. The van der Waals surface area contributed by atoms with Gasteiger partial charge in [-0.05, 0) is 39.5 Å². The quantitative estimate of drug-likeness (QED) is 0.820. The second-order valence-corrected chi connectivity index (χ2v) is 8.34. The van der Waals surface area contributed by atoms with Gasteiger partial charge >= 0.3 is 5.97 Å². The van der Waals surface area contributed by atoms with Crippen LogP contribution in [0.4, 0.5) is 5.82 Å². The fraction of sp³-hybridized carbons (Fsp3) is 0.722. The highest BCUT2D eigenvalue weighted by Gasteiger charge is 2.29. The molecule has 1 aromatic rings. The number of hydrogen-bond donors (Lipinski definition) is 1. The Bertz CT molecular complexity index is 681. The first-order chi connectivity index (χ1) is 11.3. The summed E-state index contributed by atoms with van der Waals surface area (Å²) >= 11 is 0. The zero-order valence-electron chi connectivity index (χ0n) is 16.6. The SMILES string of the molecule is CCOC(=O)c1c(O)c(N(C)C(C)(C)C)nn(CCC(C)(C)C)c1=O. The van der Waals surface area contributed by atoms with E-state index < -0.39 is 17.3 Å². The minimum atomic E-state index is -0.833. The molecule has 0 aliphatic heterocycles. The molecular formula is C18H31N3O4. The van der Waals surface area contributed by atoms with E-state index in [9.17, 15) is 14.7 Å². The van der Waals surface area contributed by atoms with Gasteiger partial charge in [-0.1, -0.05) is 20.8 Å². The first-order valence-electron chi connectivity index (χ1n) is 8.54. The van der Waals surface area contributed by atoms with Crippen molar-refractivity contribution in [2.24, 2.45) is 5.41 Å². The highest BCUT2D eigenvalue weighted by molar-refractivity contribution is 5.93. The van der Waals surface area contributed by atoms with Gasteiger partial charge in [-0.3, -0.25) is 4.79 Å². The van der Waals surface area contributed by atoms with Gasteiger partial charge in [0.1, 0.15) is 0 Å². The average Bonchev–Trinajstić information content (AvgIpc) is 2.44. The van der Waals surface area contributed by atoms with E-state index in [1.54, 1.807) is 18.9 Å². The molecule has 25 heavy (non-hydrogen) atoms. The van der Waals surface area contributed by atoms with Crippen molar-refractivity contribution in [1.82, 2.24) is 9.78 Å². The average molecular weight is 353 g/mol. The van der Waals surface area contributed by atoms with E-state index in [1.165, 1.54) is 4.68 Å². The van der Waals surface area contributed by atoms with Gasteiger partial charge in [-0.15, -0.1) is 5.10 Å². The lowest BCUT2D eigenvalue weighted by molar-refractivity contribution is 0.0519. The van der Waals surface area contributed by atoms with Crippen molar-refractivity contribution in [3.63, 3.8) is 0 Å². The lowest BCUT2D eigenvalue weighted by atomic mass is 9.92. The molecular weight excluding hydrogens is 322 g/mol. The number of anilines is 1. The Labute approximate surface area is 149 Å². The Kier molecular flexibility index (Phi) is 6.26. The number of hydrogen-bond acceptors (Lipinski definition) is 6. The molecule has 7 heteroatoms. The molecule has 0 unspecified atom stereocenters. The van der Waals surface area contributed by atoms with Gasteiger partial charge in [0, 0.05) is 19.1 Å². The Balaban J connectivity index is 3.55. The van der Waals surface area contributed by atoms with E-state index in [0.29, 0.717) is 13.0 Å². The smallest absolute Gasteiger partial charge is 0.347 e. The molecule has 0 aliphatic carbocycles. The molecule has 1 aromatic heterocycles. The van der Waals surface area contributed by atoms with E-state index in [0.717, 1.165) is 0 Å². The summed E-state index contributed by atoms with van der Waals surface area (Å²) in [6.45, 7) is 14.1. The molecule has 1 heterocycles. The third-order valence-corrected chi connectivity index (χ3v) is 3.99. The largest absolute Gasteiger partial charge is 0.503 e. The number of rotatable bonds is 5. The summed E-state index contributed by atoms with van der Waals surface area (Å²) in [7, 11) is 1.76. The minimum Gasteiger partial charge on any atom is -0.503 e. The fourth-order valence-electron chi connectivity index (χ4n) is 2.07. The monoisotopic (exact) mass is 353 g/mol. The molecule has 0 saturated carbocycles. The predicted molar refractivity (Wildman–Crippen MR) is 98.3 cm³/mol. The number of ether oxygens (including phenoxy) is 1. The van der Waals surface area contributed by atoms with Crippen molar-refractivity contribution in [3.8, 4) is 5.75 Å². The molecule has 0 saturated heterocycles. The topological polar surface area (TPSA) is 84.7 Å². The van der Waals surface area contributed by atoms with Gasteiger partial charge in [-0.2, -0.15) is 0 Å². The Morgan fingerprint density at radius 3 is 2.24 bits per heavy atom. The van der Waals surface area contributed by atoms with E-state index in [2.05, 4.69) is 25.9 Å². The number of aromatic hydroxyl groups is 1. The molecule has 0 amide bonds. The maximum atomic E-state index is 12.7. The van der Waals surface area contributed by atoms with Crippen LogP contribution in [0.15, 0.2) is 4.79 Å². The van der Waals surface area contributed by atoms with E-state index in [1.807, 2.05) is 20.8 Å². The van der Waals surface area contributed by atoms with Crippen LogP contribution in [0.2, 0.25) is 0 Å². The van der Waals surface area contributed by atoms with Crippen LogP contribution in [0.5, 0.6) is 5.75 Å². The van der Waals surface area contributed by atoms with Crippen LogP contribution in [0.1, 0.15) is 65.2 Å². The fourth-order valence-corrected chi connectivity index (χ4v) is 2.07. The van der Waals surface area contributed by atoms with Crippen LogP contribution >= 0.6 is 0 Å². The lowest BCUT2D eigenvalue weighted by Gasteiger charge is -2.33. The molecule has 1 N–H and O–H groups in total. The Morgan fingerprint density at radius 1 is 1.24 bits per heavy atom. The van der Waals surface area contributed by atoms with Gasteiger partial charge < -0.3 is 14.7 Å². The molecule has 0 fully saturated rings. The number of carbonyl (C=O) groups is 1. The summed E-state index contributed by atoms with van der Waals surface area (Å²) in [5.74, 6) is -1.09. The van der Waals surface area contributed by atoms with Crippen molar-refractivity contribution in [3.05, 3.63) is 15.9 Å². The van der Waals surface area contributed by atoms with Crippen LogP contribution in [-0.2, 0) is 11.3 Å². The third-order valence-electron chi connectivity index (χ3n) is 3.99. The molecule has 0 spiro atoms. The van der Waals surface area contributed by atoms with Gasteiger partial charge in [0.05, 0.1) is 6.61 Å². The molecule has 0 bridgehead atoms. The maximum absolute atomic E-state index is 12.7. The van der Waals surface area contributed by atoms with Gasteiger partial charge in [0.15, 0.2) is 17.1 Å². The van der Waals surface area contributed by atoms with Crippen molar-refractivity contribution in [2.75, 3.05) is 18.6 Å². The second kappa shape index (κ2) is 7.45. The predicted octanol–water partition coefficient (Wildman–Crippen LogP) is 2.80. The zero-order valence-corrected chi connectivity index (χ0v) is 16.6. The number of carbonyl (C=O) groups excluding carboxylic acids is 1. The van der Waals surface area contributed by atoms with Gasteiger partial charge in [-0.25, -0.2) is 9.48 Å². The summed E-state index contributed by atoms with van der Waals surface area (Å²) in [6, 6.07) is 0. The third kappa shape index (κ3) is 5.21. The molecule has 0 radical (unpaired) electrons. The van der Waals surface area contributed by atoms with Gasteiger partial charge in [0.2, 0.25) is 0 Å². The number of aryl methyl sites for hydroxylation is 1. The van der Waals surface area contributed by atoms with Gasteiger partial charge in [0.25, 0.3) is 5.56 Å². The van der Waals surface area contributed by atoms with E-state index >= 15 is 0 Å². The van der Waals surface area contributed by atoms with Crippen LogP contribution < -0.4 is 10.5 Å². The van der Waals surface area contributed by atoms with Crippen molar-refractivity contribution < 1.29 is 14.6 Å².